The third-order valence-electron chi connectivity index (χ3n) is 5.92. The van der Waals surface area contributed by atoms with Crippen LogP contribution in [0.4, 0.5) is 8.78 Å². The van der Waals surface area contributed by atoms with E-state index < -0.39 is 26.6 Å². The van der Waals surface area contributed by atoms with Crippen molar-refractivity contribution in [3.05, 3.63) is 59.9 Å². The van der Waals surface area contributed by atoms with Crippen LogP contribution in [-0.2, 0) is 14.8 Å². The lowest BCUT2D eigenvalue weighted by molar-refractivity contribution is -0.137. The molecule has 1 aromatic carbocycles. The summed E-state index contributed by atoms with van der Waals surface area (Å²) in [6.07, 6.45) is 5.97. The van der Waals surface area contributed by atoms with E-state index in [1.165, 1.54) is 0 Å². The molecule has 0 spiro atoms. The summed E-state index contributed by atoms with van der Waals surface area (Å²) >= 11 is 0. The number of halogens is 2. The average molecular weight is 435 g/mol. The smallest absolute Gasteiger partial charge is 0.246 e. The fourth-order valence-electron chi connectivity index (χ4n) is 4.34. The van der Waals surface area contributed by atoms with E-state index in [1.54, 1.807) is 12.4 Å². The molecule has 4 rings (SSSR count). The number of hydrogen-bond donors (Lipinski definition) is 0. The zero-order valence-electron chi connectivity index (χ0n) is 16.4. The molecule has 2 aliphatic heterocycles. The van der Waals surface area contributed by atoms with Gasteiger partial charge in [0.1, 0.15) is 16.5 Å². The van der Waals surface area contributed by atoms with Gasteiger partial charge in [-0.25, -0.2) is 17.2 Å². The summed E-state index contributed by atoms with van der Waals surface area (Å²) in [7, 11) is -4.15. The van der Waals surface area contributed by atoms with Crippen molar-refractivity contribution in [2.75, 3.05) is 19.6 Å². The summed E-state index contributed by atoms with van der Waals surface area (Å²) in [6, 6.07) is 6.20. The predicted molar refractivity (Wildman–Crippen MR) is 106 cm³/mol. The van der Waals surface area contributed by atoms with Crippen molar-refractivity contribution in [2.24, 2.45) is 5.92 Å². The molecule has 0 aliphatic carbocycles. The number of piperidine rings is 1. The van der Waals surface area contributed by atoms with Gasteiger partial charge in [0.15, 0.2) is 0 Å². The first kappa shape index (κ1) is 20.9. The molecule has 0 unspecified atom stereocenters. The number of carbonyl (C=O) groups excluding carboxylic acids is 1. The van der Waals surface area contributed by atoms with Gasteiger partial charge in [0.2, 0.25) is 15.9 Å². The van der Waals surface area contributed by atoms with Crippen LogP contribution in [0.15, 0.2) is 47.6 Å². The number of sulfonamides is 1. The van der Waals surface area contributed by atoms with Gasteiger partial charge in [0.05, 0.1) is 6.04 Å². The molecule has 1 aromatic heterocycles. The number of rotatable bonds is 4. The fraction of sp³-hybridized carbons (Fsp3) is 0.429. The number of nitrogens with zero attached hydrogens (tertiary/aromatic N) is 3. The minimum absolute atomic E-state index is 0.00523. The van der Waals surface area contributed by atoms with E-state index in [4.69, 9.17) is 0 Å². The summed E-state index contributed by atoms with van der Waals surface area (Å²) in [5, 5.41) is 0. The number of amides is 1. The number of carbonyl (C=O) groups is 1. The van der Waals surface area contributed by atoms with Crippen LogP contribution in [0.1, 0.15) is 37.3 Å². The van der Waals surface area contributed by atoms with Gasteiger partial charge in [-0.3, -0.25) is 9.78 Å². The van der Waals surface area contributed by atoms with Crippen LogP contribution >= 0.6 is 0 Å². The average Bonchev–Trinajstić information content (AvgIpc) is 3.25. The molecule has 3 heterocycles. The van der Waals surface area contributed by atoms with E-state index in [2.05, 4.69) is 4.98 Å². The Bertz CT molecular complexity index is 1030. The van der Waals surface area contributed by atoms with Gasteiger partial charge in [-0.15, -0.1) is 0 Å². The summed E-state index contributed by atoms with van der Waals surface area (Å²) in [6.45, 7) is 0.867. The molecule has 30 heavy (non-hydrogen) atoms. The van der Waals surface area contributed by atoms with Gasteiger partial charge in [-0.1, -0.05) is 6.07 Å². The molecular formula is C21H23F2N3O3S. The molecule has 2 saturated heterocycles. The standard InChI is InChI=1S/C21H23F2N3O3S/c22-17-5-6-18(23)20(13-17)30(28,29)25-11-7-15(8-12-25)21(27)26-10-2-4-19(26)16-3-1-9-24-14-16/h1,3,5-6,9,13-15,19H,2,4,7-8,10-12H2/t19-/m0/s1. The predicted octanol–water partition coefficient (Wildman–Crippen LogP) is 3.12. The third-order valence-corrected chi connectivity index (χ3v) is 7.83. The van der Waals surface area contributed by atoms with E-state index in [-0.39, 0.29) is 31.0 Å². The number of aromatic nitrogens is 1. The first-order valence-corrected chi connectivity index (χ1v) is 11.5. The minimum atomic E-state index is -4.15. The summed E-state index contributed by atoms with van der Waals surface area (Å²) in [4.78, 5) is 18.5. The van der Waals surface area contributed by atoms with Crippen LogP contribution in [0.25, 0.3) is 0 Å². The van der Waals surface area contributed by atoms with Crippen molar-refractivity contribution in [3.63, 3.8) is 0 Å². The molecule has 1 atom stereocenters. The van der Waals surface area contributed by atoms with Crippen LogP contribution in [0.5, 0.6) is 0 Å². The molecule has 160 valence electrons. The molecule has 0 saturated carbocycles. The van der Waals surface area contributed by atoms with Crippen LogP contribution in [0.3, 0.4) is 0 Å². The second-order valence-corrected chi connectivity index (χ2v) is 9.64. The molecule has 1 amide bonds. The molecular weight excluding hydrogens is 412 g/mol. The van der Waals surface area contributed by atoms with E-state index in [0.717, 1.165) is 34.8 Å². The Hall–Kier alpha value is -2.39. The number of benzene rings is 1. The van der Waals surface area contributed by atoms with E-state index in [9.17, 15) is 22.0 Å². The Morgan fingerprint density at radius 3 is 2.53 bits per heavy atom. The van der Waals surface area contributed by atoms with Crippen LogP contribution in [0.2, 0.25) is 0 Å². The normalized spacial score (nSPS) is 21.1. The molecule has 0 N–H and O–H groups in total. The first-order valence-electron chi connectivity index (χ1n) is 10.0. The lowest BCUT2D eigenvalue weighted by Gasteiger charge is -2.34. The van der Waals surface area contributed by atoms with Crippen molar-refractivity contribution < 1.29 is 22.0 Å². The molecule has 2 fully saturated rings. The zero-order chi connectivity index (χ0) is 21.3. The Morgan fingerprint density at radius 2 is 1.83 bits per heavy atom. The number of pyridine rings is 1. The highest BCUT2D eigenvalue weighted by Gasteiger charge is 2.38. The SMILES string of the molecule is O=C(C1CCN(S(=O)(=O)c2cc(F)ccc2F)CC1)N1CCC[C@H]1c1cccnc1. The second kappa shape index (κ2) is 8.39. The quantitative estimate of drug-likeness (QED) is 0.740. The Morgan fingerprint density at radius 1 is 1.07 bits per heavy atom. The fourth-order valence-corrected chi connectivity index (χ4v) is 5.89. The van der Waals surface area contributed by atoms with Gasteiger partial charge in [0, 0.05) is 37.9 Å². The van der Waals surface area contributed by atoms with Crippen molar-refractivity contribution in [3.8, 4) is 0 Å². The highest BCUT2D eigenvalue weighted by Crippen LogP contribution is 2.35. The maximum absolute atomic E-state index is 14.0. The Labute approximate surface area is 174 Å². The first-order chi connectivity index (χ1) is 14.4. The molecule has 2 aromatic rings. The number of hydrogen-bond acceptors (Lipinski definition) is 4. The molecule has 9 heteroatoms. The van der Waals surface area contributed by atoms with Gasteiger partial charge in [-0.05, 0) is 55.5 Å². The minimum Gasteiger partial charge on any atom is -0.335 e. The van der Waals surface area contributed by atoms with Gasteiger partial charge < -0.3 is 4.90 Å². The Balaban J connectivity index is 1.44. The zero-order valence-corrected chi connectivity index (χ0v) is 17.2. The lowest BCUT2D eigenvalue weighted by atomic mass is 9.95. The van der Waals surface area contributed by atoms with Crippen molar-refractivity contribution in [1.82, 2.24) is 14.2 Å². The van der Waals surface area contributed by atoms with Crippen molar-refractivity contribution in [2.45, 2.75) is 36.6 Å². The largest absolute Gasteiger partial charge is 0.335 e. The topological polar surface area (TPSA) is 70.6 Å². The van der Waals surface area contributed by atoms with Crippen molar-refractivity contribution in [1.29, 1.82) is 0 Å². The van der Waals surface area contributed by atoms with E-state index in [1.807, 2.05) is 17.0 Å². The van der Waals surface area contributed by atoms with Crippen LogP contribution in [0, 0.1) is 17.6 Å². The maximum Gasteiger partial charge on any atom is 0.246 e. The van der Waals surface area contributed by atoms with Gasteiger partial charge >= 0.3 is 0 Å². The molecule has 0 radical (unpaired) electrons. The summed E-state index contributed by atoms with van der Waals surface area (Å²) < 4.78 is 54.1. The van der Waals surface area contributed by atoms with Crippen molar-refractivity contribution >= 4 is 15.9 Å². The monoisotopic (exact) mass is 435 g/mol. The van der Waals surface area contributed by atoms with Crippen LogP contribution < -0.4 is 0 Å². The summed E-state index contributed by atoms with van der Waals surface area (Å²) in [5.41, 5.74) is 1.00. The lowest BCUT2D eigenvalue weighted by Crippen LogP contribution is -2.44. The number of likely N-dealkylation sites (tertiary alicyclic amines) is 1. The molecule has 6 nitrogen and oxygen atoms in total. The highest BCUT2D eigenvalue weighted by molar-refractivity contribution is 7.89. The second-order valence-electron chi connectivity index (χ2n) is 7.73. The van der Waals surface area contributed by atoms with E-state index in [0.29, 0.717) is 25.5 Å². The van der Waals surface area contributed by atoms with Gasteiger partial charge in [-0.2, -0.15) is 4.31 Å². The highest BCUT2D eigenvalue weighted by atomic mass is 32.2. The van der Waals surface area contributed by atoms with Crippen LogP contribution in [-0.4, -0.2) is 48.1 Å². The summed E-state index contributed by atoms with van der Waals surface area (Å²) in [5.74, 6) is -2.05. The van der Waals surface area contributed by atoms with Gasteiger partial charge in [0.25, 0.3) is 0 Å². The maximum atomic E-state index is 14.0. The molecule has 2 aliphatic rings. The van der Waals surface area contributed by atoms with E-state index >= 15 is 0 Å². The Kier molecular flexibility index (Phi) is 5.84. The third kappa shape index (κ3) is 3.96. The molecule has 0 bridgehead atoms.